The molecule has 0 saturated carbocycles. The molecule has 304 valence electrons. The molecule has 2 amide bonds. The van der Waals surface area contributed by atoms with Crippen LogP contribution in [-0.4, -0.2) is 61.8 Å². The zero-order valence-electron chi connectivity index (χ0n) is 34.5. The van der Waals surface area contributed by atoms with Gasteiger partial charge in [-0.2, -0.15) is 0 Å². The number of fused-ring (bicyclic) bond motifs is 1. The highest BCUT2D eigenvalue weighted by atomic mass is 32.2. The second kappa shape index (κ2) is 21.6. The fourth-order valence-electron chi connectivity index (χ4n) is 6.68. The van der Waals surface area contributed by atoms with Crippen molar-refractivity contribution in [2.75, 3.05) is 35.2 Å². The smallest absolute Gasteiger partial charge is 0.278 e. The summed E-state index contributed by atoms with van der Waals surface area (Å²) in [5.41, 5.74) is 3.18. The number of unbranched alkanes of at least 4 members (excludes halogenated alkanes) is 9. The van der Waals surface area contributed by atoms with Crippen LogP contribution in [0.3, 0.4) is 0 Å². The van der Waals surface area contributed by atoms with Gasteiger partial charge in [0, 0.05) is 37.4 Å². The van der Waals surface area contributed by atoms with Gasteiger partial charge >= 0.3 is 0 Å². The Morgan fingerprint density at radius 3 is 2.12 bits per heavy atom. The van der Waals surface area contributed by atoms with Crippen molar-refractivity contribution in [2.45, 2.75) is 130 Å². The van der Waals surface area contributed by atoms with Gasteiger partial charge in [0.15, 0.2) is 11.5 Å². The minimum Gasteiger partial charge on any atom is -0.489 e. The molecule has 0 aromatic heterocycles. The van der Waals surface area contributed by atoms with Gasteiger partial charge in [0.05, 0.1) is 23.2 Å². The van der Waals surface area contributed by atoms with E-state index in [4.69, 9.17) is 14.7 Å². The summed E-state index contributed by atoms with van der Waals surface area (Å²) in [6, 6.07) is 17.4. The van der Waals surface area contributed by atoms with Crippen LogP contribution in [0.25, 0.3) is 0 Å². The third-order valence-corrected chi connectivity index (χ3v) is 11.6. The number of amides is 2. The molecule has 0 radical (unpaired) electrons. The summed E-state index contributed by atoms with van der Waals surface area (Å²) >= 11 is 0. The molecule has 0 fully saturated rings. The van der Waals surface area contributed by atoms with E-state index in [1.54, 1.807) is 49.4 Å². The van der Waals surface area contributed by atoms with E-state index in [0.29, 0.717) is 29.2 Å². The van der Waals surface area contributed by atoms with Crippen molar-refractivity contribution in [3.05, 3.63) is 66.2 Å². The van der Waals surface area contributed by atoms with Crippen LogP contribution in [0, 0.1) is 6.92 Å². The Balaban J connectivity index is 1.78. The summed E-state index contributed by atoms with van der Waals surface area (Å²) in [7, 11) is -4.11. The van der Waals surface area contributed by atoms with Gasteiger partial charge in [0.2, 0.25) is 5.91 Å². The van der Waals surface area contributed by atoms with E-state index in [9.17, 15) is 18.0 Å². The lowest BCUT2D eigenvalue weighted by Crippen LogP contribution is -2.47. The SMILES string of the molecule is CCCCCCCCCCCCN1C(C(=Nc2ccc(N(CC)CC)cc2C)C(=O)Nc2cc(NC(=O)CC)ccc2OC(C)C)=Nc2ccccc2S1(=O)=O. The first-order chi connectivity index (χ1) is 26.9. The molecule has 0 unspecified atom stereocenters. The summed E-state index contributed by atoms with van der Waals surface area (Å²) in [6.07, 6.45) is 11.0. The summed E-state index contributed by atoms with van der Waals surface area (Å²) in [5, 5.41) is 5.80. The minimum absolute atomic E-state index is 0.0499. The van der Waals surface area contributed by atoms with Gasteiger partial charge in [0.1, 0.15) is 10.6 Å². The standard InChI is InChI=1S/C44H62N6O5S/c1-8-12-13-14-15-16-17-18-19-22-29-50-43(47-37-23-20-21-24-40(37)56(50,53)54)42(46-36-27-26-35(30-33(36)7)49(10-3)11-4)44(52)48-38-31-34(45-41(51)9-2)25-28-39(38)55-32(5)6/h20-21,23-28,30-32H,8-19,22,29H2,1-7H3,(H,45,51)(H,48,52). The van der Waals surface area contributed by atoms with Crippen molar-refractivity contribution in [3.8, 4) is 5.75 Å². The number of para-hydroxylation sites is 1. The molecule has 0 bridgehead atoms. The second-order valence-corrected chi connectivity index (χ2v) is 16.3. The lowest BCUT2D eigenvalue weighted by atomic mass is 10.1. The molecule has 1 heterocycles. The summed E-state index contributed by atoms with van der Waals surface area (Å²) in [6.45, 7) is 15.6. The summed E-state index contributed by atoms with van der Waals surface area (Å²) in [4.78, 5) is 39.1. The quantitative estimate of drug-likeness (QED) is 0.0770. The number of nitrogens with zero attached hydrogens (tertiary/aromatic N) is 4. The number of anilines is 3. The van der Waals surface area contributed by atoms with E-state index < -0.39 is 15.9 Å². The van der Waals surface area contributed by atoms with Gasteiger partial charge < -0.3 is 20.3 Å². The van der Waals surface area contributed by atoms with E-state index in [1.807, 2.05) is 39.0 Å². The number of rotatable bonds is 22. The van der Waals surface area contributed by atoms with Gasteiger partial charge in [0.25, 0.3) is 15.9 Å². The highest BCUT2D eigenvalue weighted by Crippen LogP contribution is 2.35. The van der Waals surface area contributed by atoms with Crippen molar-refractivity contribution < 1.29 is 22.7 Å². The number of carbonyl (C=O) groups excluding carboxylic acids is 2. The van der Waals surface area contributed by atoms with E-state index >= 15 is 0 Å². The van der Waals surface area contributed by atoms with E-state index in [-0.39, 0.29) is 47.1 Å². The maximum absolute atomic E-state index is 14.7. The number of ether oxygens (including phenoxy) is 1. The molecular weight excluding hydrogens is 725 g/mol. The number of hydrogen-bond donors (Lipinski definition) is 2. The van der Waals surface area contributed by atoms with Crippen LogP contribution in [-0.2, 0) is 19.6 Å². The lowest BCUT2D eigenvalue weighted by Gasteiger charge is -2.30. The highest BCUT2D eigenvalue weighted by Gasteiger charge is 2.38. The Bertz CT molecular complexity index is 1950. The van der Waals surface area contributed by atoms with Gasteiger partial charge in [-0.25, -0.2) is 22.7 Å². The number of benzene rings is 3. The summed E-state index contributed by atoms with van der Waals surface area (Å²) in [5.74, 6) is -0.529. The Morgan fingerprint density at radius 2 is 1.50 bits per heavy atom. The molecule has 0 aliphatic carbocycles. The zero-order valence-corrected chi connectivity index (χ0v) is 35.3. The minimum atomic E-state index is -4.11. The van der Waals surface area contributed by atoms with Crippen LogP contribution in [0.1, 0.15) is 118 Å². The van der Waals surface area contributed by atoms with Gasteiger partial charge in [-0.15, -0.1) is 0 Å². The molecule has 3 aromatic rings. The van der Waals surface area contributed by atoms with Crippen molar-refractivity contribution in [1.82, 2.24) is 4.31 Å². The zero-order chi connectivity index (χ0) is 40.7. The Labute approximate surface area is 335 Å². The fourth-order valence-corrected chi connectivity index (χ4v) is 8.27. The predicted molar refractivity (Wildman–Crippen MR) is 231 cm³/mol. The number of amidine groups is 1. The number of hydrogen-bond acceptors (Lipinski definition) is 8. The molecule has 0 saturated heterocycles. The number of aliphatic imine (C=N–C) groups is 2. The molecule has 12 heteroatoms. The molecule has 11 nitrogen and oxygen atoms in total. The molecular formula is C44H62N6O5S. The van der Waals surface area contributed by atoms with E-state index in [1.165, 1.54) is 42.8 Å². The third-order valence-electron chi connectivity index (χ3n) is 9.77. The average Bonchev–Trinajstić information content (AvgIpc) is 3.17. The highest BCUT2D eigenvalue weighted by molar-refractivity contribution is 7.90. The molecule has 56 heavy (non-hydrogen) atoms. The van der Waals surface area contributed by atoms with Gasteiger partial charge in [-0.05, 0) is 95.1 Å². The molecule has 3 aromatic carbocycles. The van der Waals surface area contributed by atoms with E-state index in [0.717, 1.165) is 43.6 Å². The largest absolute Gasteiger partial charge is 0.489 e. The van der Waals surface area contributed by atoms with Crippen molar-refractivity contribution >= 4 is 61.8 Å². The molecule has 1 aliphatic heterocycles. The average molecular weight is 787 g/mol. The van der Waals surface area contributed by atoms with Crippen LogP contribution >= 0.6 is 0 Å². The van der Waals surface area contributed by atoms with Gasteiger partial charge in [-0.1, -0.05) is 83.8 Å². The predicted octanol–water partition coefficient (Wildman–Crippen LogP) is 10.3. The first kappa shape index (κ1) is 44.0. The van der Waals surface area contributed by atoms with Crippen LogP contribution in [0.15, 0.2) is 75.5 Å². The molecule has 2 N–H and O–H groups in total. The van der Waals surface area contributed by atoms with Crippen molar-refractivity contribution in [3.63, 3.8) is 0 Å². The molecule has 0 atom stereocenters. The molecule has 0 spiro atoms. The fraction of sp³-hybridized carbons (Fsp3) is 0.500. The van der Waals surface area contributed by atoms with Crippen LogP contribution < -0.4 is 20.3 Å². The lowest BCUT2D eigenvalue weighted by molar-refractivity contribution is -0.116. The number of carbonyl (C=O) groups is 2. The normalized spacial score (nSPS) is 13.6. The second-order valence-electron chi connectivity index (χ2n) is 14.5. The van der Waals surface area contributed by atoms with Crippen LogP contribution in [0.4, 0.5) is 28.4 Å². The number of sulfonamides is 1. The third kappa shape index (κ3) is 11.9. The number of aryl methyl sites for hydroxylation is 1. The van der Waals surface area contributed by atoms with Crippen LogP contribution in [0.2, 0.25) is 0 Å². The monoisotopic (exact) mass is 786 g/mol. The Hall–Kier alpha value is -4.71. The van der Waals surface area contributed by atoms with Crippen LogP contribution in [0.5, 0.6) is 5.75 Å². The van der Waals surface area contributed by atoms with E-state index in [2.05, 4.69) is 36.3 Å². The topological polar surface area (TPSA) is 133 Å². The van der Waals surface area contributed by atoms with Crippen molar-refractivity contribution in [1.29, 1.82) is 0 Å². The van der Waals surface area contributed by atoms with Crippen molar-refractivity contribution in [2.24, 2.45) is 9.98 Å². The maximum Gasteiger partial charge on any atom is 0.278 e. The first-order valence-electron chi connectivity index (χ1n) is 20.5. The van der Waals surface area contributed by atoms with Gasteiger partial charge in [-0.3, -0.25) is 9.59 Å². The molecule has 1 aliphatic rings. The summed E-state index contributed by atoms with van der Waals surface area (Å²) < 4.78 is 36.2. The number of nitrogens with one attached hydrogen (secondary N) is 2. The maximum atomic E-state index is 14.7. The molecule has 4 rings (SSSR count). The first-order valence-corrected chi connectivity index (χ1v) is 21.9. The Kier molecular flexibility index (Phi) is 16.9. The Morgan fingerprint density at radius 1 is 0.839 bits per heavy atom.